The third-order valence-corrected chi connectivity index (χ3v) is 3.45. The number of hydrogen-bond donors (Lipinski definition) is 2. The molecule has 0 aromatic rings. The lowest BCUT2D eigenvalue weighted by Gasteiger charge is -2.43. The molecular formula is C12H19N3O2. The van der Waals surface area contributed by atoms with Crippen LogP contribution in [0.2, 0.25) is 0 Å². The highest BCUT2D eigenvalue weighted by Crippen LogP contribution is 2.25. The molecule has 1 heterocycles. The molecular weight excluding hydrogens is 218 g/mol. The molecule has 2 N–H and O–H groups in total. The number of rotatable bonds is 2. The SMILES string of the molecule is C=CCNC(=O)N1CC(=O)N[C@H]2CCCC[C@@H]21. The molecule has 0 bridgehead atoms. The molecule has 0 unspecified atom stereocenters. The number of urea groups is 1. The molecule has 5 nitrogen and oxygen atoms in total. The Kier molecular flexibility index (Phi) is 3.66. The van der Waals surface area contributed by atoms with Crippen molar-refractivity contribution in [3.63, 3.8) is 0 Å². The van der Waals surface area contributed by atoms with Gasteiger partial charge < -0.3 is 15.5 Å². The molecule has 1 aliphatic heterocycles. The van der Waals surface area contributed by atoms with Crippen LogP contribution in [0.15, 0.2) is 12.7 Å². The normalized spacial score (nSPS) is 28.0. The Hall–Kier alpha value is -1.52. The number of fused-ring (bicyclic) bond motifs is 1. The van der Waals surface area contributed by atoms with Crippen LogP contribution in [0.1, 0.15) is 25.7 Å². The summed E-state index contributed by atoms with van der Waals surface area (Å²) in [6.45, 7) is 4.17. The number of piperazine rings is 1. The molecule has 1 aliphatic carbocycles. The first-order chi connectivity index (χ1) is 8.22. The van der Waals surface area contributed by atoms with Gasteiger partial charge in [-0.05, 0) is 12.8 Å². The summed E-state index contributed by atoms with van der Waals surface area (Å²) in [7, 11) is 0. The predicted octanol–water partition coefficient (Wildman–Crippen LogP) is 0.625. The van der Waals surface area contributed by atoms with E-state index in [9.17, 15) is 9.59 Å². The number of amides is 3. The second kappa shape index (κ2) is 5.21. The molecule has 2 aliphatic rings. The van der Waals surface area contributed by atoms with Crippen molar-refractivity contribution in [2.75, 3.05) is 13.1 Å². The van der Waals surface area contributed by atoms with E-state index in [-0.39, 0.29) is 30.6 Å². The highest BCUT2D eigenvalue weighted by atomic mass is 16.2. The van der Waals surface area contributed by atoms with Gasteiger partial charge in [-0.1, -0.05) is 18.9 Å². The average molecular weight is 237 g/mol. The maximum absolute atomic E-state index is 11.9. The fourth-order valence-corrected chi connectivity index (χ4v) is 2.66. The topological polar surface area (TPSA) is 61.4 Å². The van der Waals surface area contributed by atoms with Crippen LogP contribution in [0.4, 0.5) is 4.79 Å². The molecule has 2 atom stereocenters. The van der Waals surface area contributed by atoms with Crippen LogP contribution in [-0.2, 0) is 4.79 Å². The maximum Gasteiger partial charge on any atom is 0.318 e. The highest BCUT2D eigenvalue weighted by molar-refractivity contribution is 5.86. The van der Waals surface area contributed by atoms with E-state index in [1.165, 1.54) is 0 Å². The van der Waals surface area contributed by atoms with E-state index in [0.29, 0.717) is 6.54 Å². The summed E-state index contributed by atoms with van der Waals surface area (Å²) >= 11 is 0. The van der Waals surface area contributed by atoms with Gasteiger partial charge in [0.15, 0.2) is 0 Å². The molecule has 1 saturated heterocycles. The molecule has 94 valence electrons. The summed E-state index contributed by atoms with van der Waals surface area (Å²) in [4.78, 5) is 25.2. The van der Waals surface area contributed by atoms with Crippen molar-refractivity contribution < 1.29 is 9.59 Å². The smallest absolute Gasteiger partial charge is 0.318 e. The number of carbonyl (C=O) groups is 2. The van der Waals surface area contributed by atoms with Gasteiger partial charge in [0, 0.05) is 12.6 Å². The lowest BCUT2D eigenvalue weighted by molar-refractivity contribution is -0.126. The van der Waals surface area contributed by atoms with E-state index in [4.69, 9.17) is 0 Å². The third-order valence-electron chi connectivity index (χ3n) is 3.45. The summed E-state index contributed by atoms with van der Waals surface area (Å²) < 4.78 is 0. The zero-order chi connectivity index (χ0) is 12.3. The Balaban J connectivity index is 2.04. The molecule has 0 aromatic carbocycles. The van der Waals surface area contributed by atoms with E-state index in [1.807, 2.05) is 0 Å². The Morgan fingerprint density at radius 3 is 3.06 bits per heavy atom. The molecule has 0 radical (unpaired) electrons. The standard InChI is InChI=1S/C12H19N3O2/c1-2-7-13-12(17)15-8-11(16)14-9-5-3-4-6-10(9)15/h2,9-10H,1,3-8H2,(H,13,17)(H,14,16)/t9-,10-/m0/s1. The van der Waals surface area contributed by atoms with E-state index in [1.54, 1.807) is 11.0 Å². The van der Waals surface area contributed by atoms with Gasteiger partial charge in [-0.25, -0.2) is 4.79 Å². The molecule has 0 aromatic heterocycles. The first-order valence-corrected chi connectivity index (χ1v) is 6.17. The summed E-state index contributed by atoms with van der Waals surface area (Å²) in [5, 5.41) is 5.72. The summed E-state index contributed by atoms with van der Waals surface area (Å²) in [5.74, 6) is -0.0538. The van der Waals surface area contributed by atoms with Gasteiger partial charge in [-0.15, -0.1) is 6.58 Å². The maximum atomic E-state index is 11.9. The van der Waals surface area contributed by atoms with Crippen molar-refractivity contribution in [2.45, 2.75) is 37.8 Å². The minimum atomic E-state index is -0.156. The van der Waals surface area contributed by atoms with E-state index < -0.39 is 0 Å². The van der Waals surface area contributed by atoms with Crippen molar-refractivity contribution >= 4 is 11.9 Å². The fourth-order valence-electron chi connectivity index (χ4n) is 2.66. The number of nitrogens with zero attached hydrogens (tertiary/aromatic N) is 1. The molecule has 2 rings (SSSR count). The number of carbonyl (C=O) groups excluding carboxylic acids is 2. The van der Waals surface area contributed by atoms with Gasteiger partial charge in [-0.3, -0.25) is 4.79 Å². The van der Waals surface area contributed by atoms with Crippen molar-refractivity contribution in [3.8, 4) is 0 Å². The van der Waals surface area contributed by atoms with Gasteiger partial charge in [0.25, 0.3) is 0 Å². The van der Waals surface area contributed by atoms with Crippen molar-refractivity contribution in [1.29, 1.82) is 0 Å². The molecule has 17 heavy (non-hydrogen) atoms. The Bertz CT molecular complexity index is 330. The molecule has 5 heteroatoms. The van der Waals surface area contributed by atoms with Gasteiger partial charge in [-0.2, -0.15) is 0 Å². The predicted molar refractivity (Wildman–Crippen MR) is 64.5 cm³/mol. The highest BCUT2D eigenvalue weighted by Gasteiger charge is 2.38. The largest absolute Gasteiger partial charge is 0.350 e. The van der Waals surface area contributed by atoms with Crippen LogP contribution in [0, 0.1) is 0 Å². The molecule has 3 amide bonds. The Morgan fingerprint density at radius 2 is 2.29 bits per heavy atom. The minimum absolute atomic E-state index is 0.0538. The van der Waals surface area contributed by atoms with Gasteiger partial charge in [0.05, 0.1) is 6.04 Å². The summed E-state index contributed by atoms with van der Waals surface area (Å²) in [5.41, 5.74) is 0. The van der Waals surface area contributed by atoms with Crippen LogP contribution in [0.25, 0.3) is 0 Å². The van der Waals surface area contributed by atoms with E-state index in [0.717, 1.165) is 25.7 Å². The average Bonchev–Trinajstić information content (AvgIpc) is 2.34. The van der Waals surface area contributed by atoms with Crippen LogP contribution >= 0.6 is 0 Å². The Labute approximate surface area is 101 Å². The van der Waals surface area contributed by atoms with Crippen LogP contribution in [0.3, 0.4) is 0 Å². The lowest BCUT2D eigenvalue weighted by atomic mass is 9.87. The second-order valence-electron chi connectivity index (χ2n) is 4.63. The van der Waals surface area contributed by atoms with Crippen LogP contribution in [-0.4, -0.2) is 42.0 Å². The zero-order valence-corrected chi connectivity index (χ0v) is 9.95. The van der Waals surface area contributed by atoms with Gasteiger partial charge >= 0.3 is 6.03 Å². The first-order valence-electron chi connectivity index (χ1n) is 6.17. The third kappa shape index (κ3) is 2.60. The minimum Gasteiger partial charge on any atom is -0.350 e. The Morgan fingerprint density at radius 1 is 1.53 bits per heavy atom. The van der Waals surface area contributed by atoms with Gasteiger partial charge in [0.2, 0.25) is 5.91 Å². The zero-order valence-electron chi connectivity index (χ0n) is 9.95. The molecule has 2 fully saturated rings. The van der Waals surface area contributed by atoms with Crippen LogP contribution in [0.5, 0.6) is 0 Å². The quantitative estimate of drug-likeness (QED) is 0.692. The van der Waals surface area contributed by atoms with Crippen molar-refractivity contribution in [1.82, 2.24) is 15.5 Å². The first kappa shape index (κ1) is 12.0. The lowest BCUT2D eigenvalue weighted by Crippen LogP contribution is -2.64. The van der Waals surface area contributed by atoms with Crippen molar-refractivity contribution in [3.05, 3.63) is 12.7 Å². The van der Waals surface area contributed by atoms with Gasteiger partial charge in [0.1, 0.15) is 6.54 Å². The number of hydrogen-bond acceptors (Lipinski definition) is 2. The summed E-state index contributed by atoms with van der Waals surface area (Å²) in [6, 6.07) is 0.141. The second-order valence-corrected chi connectivity index (χ2v) is 4.63. The molecule has 0 spiro atoms. The van der Waals surface area contributed by atoms with Crippen molar-refractivity contribution in [2.24, 2.45) is 0 Å². The van der Waals surface area contributed by atoms with E-state index >= 15 is 0 Å². The number of nitrogens with one attached hydrogen (secondary N) is 2. The fraction of sp³-hybridized carbons (Fsp3) is 0.667. The van der Waals surface area contributed by atoms with Crippen LogP contribution < -0.4 is 10.6 Å². The molecule has 1 saturated carbocycles. The monoisotopic (exact) mass is 237 g/mol. The van der Waals surface area contributed by atoms with E-state index in [2.05, 4.69) is 17.2 Å². The summed E-state index contributed by atoms with van der Waals surface area (Å²) in [6.07, 6.45) is 5.85.